The Labute approximate surface area is 86.5 Å². The minimum Gasteiger partial charge on any atom is -0.490 e. The van der Waals surface area contributed by atoms with Crippen molar-refractivity contribution in [3.05, 3.63) is 29.8 Å². The number of rotatable bonds is 4. The molecule has 0 aromatic heterocycles. The van der Waals surface area contributed by atoms with Crippen LogP contribution in [-0.4, -0.2) is 23.9 Å². The summed E-state index contributed by atoms with van der Waals surface area (Å²) in [5, 5.41) is 9.49. The maximum Gasteiger partial charge on any atom is 0.129 e. The maximum atomic E-state index is 12.7. The van der Waals surface area contributed by atoms with Gasteiger partial charge in [-0.05, 0) is 6.92 Å². The van der Waals surface area contributed by atoms with Crippen molar-refractivity contribution in [1.82, 2.24) is 0 Å². The van der Waals surface area contributed by atoms with Crippen molar-refractivity contribution < 1.29 is 18.6 Å². The Morgan fingerprint density at radius 1 is 1.33 bits per heavy atom. The third kappa shape index (κ3) is 3.81. The number of ether oxygens (including phenoxy) is 1. The van der Waals surface area contributed by atoms with Crippen molar-refractivity contribution >= 4 is 0 Å². The zero-order valence-electron chi connectivity index (χ0n) is 8.34. The summed E-state index contributed by atoms with van der Waals surface area (Å²) in [6.45, 7) is 1.36. The van der Waals surface area contributed by atoms with E-state index >= 15 is 0 Å². The predicted octanol–water partition coefficient (Wildman–Crippen LogP) is 1.05. The number of halogens is 2. The summed E-state index contributed by atoms with van der Waals surface area (Å²) in [4.78, 5) is 0. The average Bonchev–Trinajstić information content (AvgIpc) is 2.14. The Morgan fingerprint density at radius 2 is 1.87 bits per heavy atom. The topological polar surface area (TPSA) is 55.5 Å². The van der Waals surface area contributed by atoms with E-state index in [9.17, 15) is 13.9 Å². The maximum absolute atomic E-state index is 12.7. The molecule has 15 heavy (non-hydrogen) atoms. The lowest BCUT2D eigenvalue weighted by Crippen LogP contribution is -2.40. The third-order valence-electron chi connectivity index (χ3n) is 1.83. The zero-order valence-corrected chi connectivity index (χ0v) is 8.34. The molecule has 0 saturated heterocycles. The van der Waals surface area contributed by atoms with E-state index in [0.717, 1.165) is 18.2 Å². The molecule has 1 rings (SSSR count). The molecule has 1 aromatic rings. The predicted molar refractivity (Wildman–Crippen MR) is 51.5 cm³/mol. The SMILES string of the molecule is CC(O)(CN)COc1cc(F)cc(F)c1. The first-order valence-corrected chi connectivity index (χ1v) is 4.44. The summed E-state index contributed by atoms with van der Waals surface area (Å²) in [6.07, 6.45) is 0. The molecule has 1 aromatic carbocycles. The highest BCUT2D eigenvalue weighted by molar-refractivity contribution is 5.23. The minimum atomic E-state index is -1.21. The minimum absolute atomic E-state index is 0.00476. The number of aliphatic hydroxyl groups is 1. The van der Waals surface area contributed by atoms with Crippen molar-refractivity contribution in [3.8, 4) is 5.75 Å². The molecule has 0 heterocycles. The molecule has 3 nitrogen and oxygen atoms in total. The summed E-state index contributed by atoms with van der Waals surface area (Å²) in [6, 6.07) is 2.82. The van der Waals surface area contributed by atoms with Gasteiger partial charge >= 0.3 is 0 Å². The molecule has 0 aliphatic heterocycles. The first kappa shape index (κ1) is 11.9. The van der Waals surface area contributed by atoms with Crippen molar-refractivity contribution in [2.45, 2.75) is 12.5 Å². The second kappa shape index (κ2) is 4.55. The molecular weight excluding hydrogens is 204 g/mol. The first-order chi connectivity index (χ1) is 6.93. The second-order valence-corrected chi connectivity index (χ2v) is 3.59. The van der Waals surface area contributed by atoms with Crippen LogP contribution in [-0.2, 0) is 0 Å². The molecule has 3 N–H and O–H groups in total. The molecule has 0 saturated carbocycles. The van der Waals surface area contributed by atoms with Crippen LogP contribution in [0.2, 0.25) is 0 Å². The summed E-state index contributed by atoms with van der Waals surface area (Å²) in [5.74, 6) is -1.42. The molecule has 1 atom stereocenters. The quantitative estimate of drug-likeness (QED) is 0.792. The number of benzene rings is 1. The van der Waals surface area contributed by atoms with Gasteiger partial charge in [0.15, 0.2) is 0 Å². The molecule has 0 spiro atoms. The van der Waals surface area contributed by atoms with E-state index in [1.54, 1.807) is 0 Å². The zero-order chi connectivity index (χ0) is 11.5. The van der Waals surface area contributed by atoms with Gasteiger partial charge in [-0.15, -0.1) is 0 Å². The van der Waals surface area contributed by atoms with E-state index in [-0.39, 0.29) is 18.9 Å². The molecule has 0 radical (unpaired) electrons. The molecular formula is C10H13F2NO2. The van der Waals surface area contributed by atoms with Crippen LogP contribution >= 0.6 is 0 Å². The van der Waals surface area contributed by atoms with E-state index in [2.05, 4.69) is 0 Å². The number of hydrogen-bond acceptors (Lipinski definition) is 3. The monoisotopic (exact) mass is 217 g/mol. The fraction of sp³-hybridized carbons (Fsp3) is 0.400. The van der Waals surface area contributed by atoms with Gasteiger partial charge in [0.05, 0.1) is 0 Å². The molecule has 1 unspecified atom stereocenters. The van der Waals surface area contributed by atoms with Gasteiger partial charge in [-0.3, -0.25) is 0 Å². The lowest BCUT2D eigenvalue weighted by Gasteiger charge is -2.21. The first-order valence-electron chi connectivity index (χ1n) is 4.44. The Kier molecular flexibility index (Phi) is 3.60. The van der Waals surface area contributed by atoms with Gasteiger partial charge in [-0.2, -0.15) is 0 Å². The van der Waals surface area contributed by atoms with Gasteiger partial charge in [0.1, 0.15) is 29.6 Å². The standard InChI is InChI=1S/C10H13F2NO2/c1-10(14,5-13)6-15-9-3-7(11)2-8(12)4-9/h2-4,14H,5-6,13H2,1H3. The number of nitrogens with two attached hydrogens (primary N) is 1. The van der Waals surface area contributed by atoms with Crippen LogP contribution < -0.4 is 10.5 Å². The van der Waals surface area contributed by atoms with E-state index in [1.807, 2.05) is 0 Å². The van der Waals surface area contributed by atoms with Crippen LogP contribution in [0.15, 0.2) is 18.2 Å². The van der Waals surface area contributed by atoms with Crippen LogP contribution in [0, 0.1) is 11.6 Å². The highest BCUT2D eigenvalue weighted by atomic mass is 19.1. The van der Waals surface area contributed by atoms with Crippen LogP contribution in [0.1, 0.15) is 6.92 Å². The molecule has 0 fully saturated rings. The van der Waals surface area contributed by atoms with Gasteiger partial charge in [-0.1, -0.05) is 0 Å². The van der Waals surface area contributed by atoms with Crippen LogP contribution in [0.25, 0.3) is 0 Å². The van der Waals surface area contributed by atoms with Gasteiger partial charge in [0.2, 0.25) is 0 Å². The fourth-order valence-corrected chi connectivity index (χ4v) is 0.910. The average molecular weight is 217 g/mol. The Morgan fingerprint density at radius 3 is 2.33 bits per heavy atom. The van der Waals surface area contributed by atoms with Crippen molar-refractivity contribution in [1.29, 1.82) is 0 Å². The van der Waals surface area contributed by atoms with Crippen molar-refractivity contribution in [3.63, 3.8) is 0 Å². The Hall–Kier alpha value is -1.20. The molecule has 84 valence electrons. The van der Waals surface area contributed by atoms with Crippen LogP contribution in [0.5, 0.6) is 5.75 Å². The highest BCUT2D eigenvalue weighted by Crippen LogP contribution is 2.16. The van der Waals surface area contributed by atoms with Crippen LogP contribution in [0.3, 0.4) is 0 Å². The van der Waals surface area contributed by atoms with Crippen molar-refractivity contribution in [2.75, 3.05) is 13.2 Å². The van der Waals surface area contributed by atoms with E-state index < -0.39 is 17.2 Å². The van der Waals surface area contributed by atoms with E-state index in [1.165, 1.54) is 6.92 Å². The highest BCUT2D eigenvalue weighted by Gasteiger charge is 2.19. The summed E-state index contributed by atoms with van der Waals surface area (Å²) >= 11 is 0. The molecule has 5 heteroatoms. The molecule has 0 aliphatic carbocycles. The number of hydrogen-bond donors (Lipinski definition) is 2. The summed E-state index contributed by atoms with van der Waals surface area (Å²) in [7, 11) is 0. The Bertz CT molecular complexity index is 322. The third-order valence-corrected chi connectivity index (χ3v) is 1.83. The van der Waals surface area contributed by atoms with Gasteiger partial charge < -0.3 is 15.6 Å². The lowest BCUT2D eigenvalue weighted by molar-refractivity contribution is 0.0193. The summed E-state index contributed by atoms with van der Waals surface area (Å²) in [5.41, 5.74) is 4.05. The smallest absolute Gasteiger partial charge is 0.129 e. The Balaban J connectivity index is 2.65. The fourth-order valence-electron chi connectivity index (χ4n) is 0.910. The van der Waals surface area contributed by atoms with Gasteiger partial charge in [0.25, 0.3) is 0 Å². The normalized spacial score (nSPS) is 14.7. The van der Waals surface area contributed by atoms with E-state index in [4.69, 9.17) is 10.5 Å². The molecule has 0 bridgehead atoms. The van der Waals surface area contributed by atoms with Gasteiger partial charge in [-0.25, -0.2) is 8.78 Å². The lowest BCUT2D eigenvalue weighted by atomic mass is 10.1. The molecule has 0 amide bonds. The van der Waals surface area contributed by atoms with Gasteiger partial charge in [0, 0.05) is 24.7 Å². The largest absolute Gasteiger partial charge is 0.490 e. The molecule has 0 aliphatic rings. The van der Waals surface area contributed by atoms with E-state index in [0.29, 0.717) is 0 Å². The van der Waals surface area contributed by atoms with Crippen molar-refractivity contribution in [2.24, 2.45) is 5.73 Å². The van der Waals surface area contributed by atoms with Crippen LogP contribution in [0.4, 0.5) is 8.78 Å². The summed E-state index contributed by atoms with van der Waals surface area (Å²) < 4.78 is 30.5. The second-order valence-electron chi connectivity index (χ2n) is 3.59.